The maximum atomic E-state index is 12.4. The number of amides is 1. The third-order valence-corrected chi connectivity index (χ3v) is 4.02. The van der Waals surface area contributed by atoms with Gasteiger partial charge in [0, 0.05) is 18.5 Å². The first-order chi connectivity index (χ1) is 12.4. The third kappa shape index (κ3) is 5.13. The summed E-state index contributed by atoms with van der Waals surface area (Å²) in [6.07, 6.45) is 0.406. The summed E-state index contributed by atoms with van der Waals surface area (Å²) in [4.78, 5) is 12.4. The molecule has 26 heavy (non-hydrogen) atoms. The molecule has 0 spiro atoms. The van der Waals surface area contributed by atoms with Crippen LogP contribution in [0, 0.1) is 0 Å². The smallest absolute Gasteiger partial charge is 0.251 e. The number of hydrogen-bond acceptors (Lipinski definition) is 5. The van der Waals surface area contributed by atoms with E-state index in [1.165, 1.54) is 14.2 Å². The summed E-state index contributed by atoms with van der Waals surface area (Å²) < 4.78 is 15.5. The molecule has 0 aliphatic heterocycles. The van der Waals surface area contributed by atoms with Crippen molar-refractivity contribution in [2.45, 2.75) is 18.9 Å². The van der Waals surface area contributed by atoms with Gasteiger partial charge in [-0.2, -0.15) is 0 Å². The van der Waals surface area contributed by atoms with Gasteiger partial charge < -0.3 is 24.6 Å². The number of methoxy groups -OCH3 is 3. The summed E-state index contributed by atoms with van der Waals surface area (Å²) in [5.41, 5.74) is 0.305. The van der Waals surface area contributed by atoms with Gasteiger partial charge >= 0.3 is 0 Å². The minimum atomic E-state index is -1.08. The van der Waals surface area contributed by atoms with Gasteiger partial charge in [-0.15, -0.1) is 0 Å². The molecule has 2 aromatic rings. The highest BCUT2D eigenvalue weighted by Crippen LogP contribution is 2.27. The zero-order chi connectivity index (χ0) is 19.2. The van der Waals surface area contributed by atoms with Crippen molar-refractivity contribution in [2.75, 3.05) is 27.9 Å². The topological polar surface area (TPSA) is 77.0 Å². The van der Waals surface area contributed by atoms with Gasteiger partial charge in [0.2, 0.25) is 0 Å². The summed E-state index contributed by atoms with van der Waals surface area (Å²) >= 11 is 0. The van der Waals surface area contributed by atoms with E-state index in [1.54, 1.807) is 32.2 Å². The molecule has 2 N–H and O–H groups in total. The third-order valence-electron chi connectivity index (χ3n) is 4.02. The molecule has 2 aromatic carbocycles. The number of aliphatic hydroxyl groups is 1. The monoisotopic (exact) mass is 359 g/mol. The van der Waals surface area contributed by atoms with Crippen molar-refractivity contribution in [1.82, 2.24) is 5.32 Å². The molecule has 1 unspecified atom stereocenters. The van der Waals surface area contributed by atoms with E-state index in [2.05, 4.69) is 5.32 Å². The van der Waals surface area contributed by atoms with Crippen molar-refractivity contribution >= 4 is 5.91 Å². The molecule has 0 aliphatic rings. The normalized spacial score (nSPS) is 12.8. The number of nitrogens with one attached hydrogen (secondary N) is 1. The molecule has 0 aliphatic carbocycles. The molecular weight excluding hydrogens is 334 g/mol. The van der Waals surface area contributed by atoms with Crippen LogP contribution in [0.1, 0.15) is 22.8 Å². The van der Waals surface area contributed by atoms with E-state index in [-0.39, 0.29) is 12.5 Å². The predicted molar refractivity (Wildman–Crippen MR) is 99.2 cm³/mol. The SMILES string of the molecule is COc1ccc(CC(C)(O)CNC(=O)c2ccc(OC)c(OC)c2)cc1. The molecule has 0 saturated carbocycles. The Kier molecular flexibility index (Phi) is 6.46. The molecule has 0 aromatic heterocycles. The zero-order valence-electron chi connectivity index (χ0n) is 15.5. The average molecular weight is 359 g/mol. The Morgan fingerprint density at radius 3 is 2.23 bits per heavy atom. The van der Waals surface area contributed by atoms with Crippen LogP contribution in [0.5, 0.6) is 17.2 Å². The van der Waals surface area contributed by atoms with E-state index in [0.717, 1.165) is 11.3 Å². The molecule has 1 atom stereocenters. The lowest BCUT2D eigenvalue weighted by molar-refractivity contribution is 0.0552. The largest absolute Gasteiger partial charge is 0.497 e. The van der Waals surface area contributed by atoms with Gasteiger partial charge in [0.1, 0.15) is 5.75 Å². The Morgan fingerprint density at radius 2 is 1.65 bits per heavy atom. The second-order valence-electron chi connectivity index (χ2n) is 6.27. The first-order valence-electron chi connectivity index (χ1n) is 8.24. The van der Waals surface area contributed by atoms with Gasteiger partial charge in [-0.1, -0.05) is 12.1 Å². The maximum Gasteiger partial charge on any atom is 0.251 e. The van der Waals surface area contributed by atoms with Crippen molar-refractivity contribution in [3.8, 4) is 17.2 Å². The van der Waals surface area contributed by atoms with E-state index in [1.807, 2.05) is 24.3 Å². The second kappa shape index (κ2) is 8.58. The Morgan fingerprint density at radius 1 is 1.00 bits per heavy atom. The number of carbonyl (C=O) groups is 1. The zero-order valence-corrected chi connectivity index (χ0v) is 15.5. The molecule has 0 fully saturated rings. The van der Waals surface area contributed by atoms with Gasteiger partial charge in [-0.05, 0) is 42.8 Å². The summed E-state index contributed by atoms with van der Waals surface area (Å²) in [5, 5.41) is 13.3. The van der Waals surface area contributed by atoms with Gasteiger partial charge in [0.05, 0.1) is 26.9 Å². The molecule has 0 radical (unpaired) electrons. The average Bonchev–Trinajstić information content (AvgIpc) is 2.65. The van der Waals surface area contributed by atoms with Crippen LogP contribution in [0.25, 0.3) is 0 Å². The van der Waals surface area contributed by atoms with Crippen LogP contribution in [-0.2, 0) is 6.42 Å². The molecule has 0 heterocycles. The molecule has 0 saturated heterocycles. The van der Waals surface area contributed by atoms with Crippen LogP contribution in [0.4, 0.5) is 0 Å². The van der Waals surface area contributed by atoms with Crippen LogP contribution >= 0.6 is 0 Å². The fourth-order valence-electron chi connectivity index (χ4n) is 2.60. The van der Waals surface area contributed by atoms with Gasteiger partial charge in [-0.3, -0.25) is 4.79 Å². The van der Waals surface area contributed by atoms with Crippen LogP contribution in [0.3, 0.4) is 0 Å². The van der Waals surface area contributed by atoms with E-state index < -0.39 is 5.60 Å². The van der Waals surface area contributed by atoms with Crippen molar-refractivity contribution < 1.29 is 24.1 Å². The number of rotatable bonds is 8. The van der Waals surface area contributed by atoms with E-state index in [9.17, 15) is 9.90 Å². The lowest BCUT2D eigenvalue weighted by Gasteiger charge is -2.24. The molecule has 6 nitrogen and oxygen atoms in total. The Balaban J connectivity index is 1.98. The second-order valence-corrected chi connectivity index (χ2v) is 6.27. The van der Waals surface area contributed by atoms with Crippen LogP contribution in [0.15, 0.2) is 42.5 Å². The van der Waals surface area contributed by atoms with Gasteiger partial charge in [0.25, 0.3) is 5.91 Å². The minimum absolute atomic E-state index is 0.117. The van der Waals surface area contributed by atoms with Crippen LogP contribution in [0.2, 0.25) is 0 Å². The number of benzene rings is 2. The van der Waals surface area contributed by atoms with E-state index in [0.29, 0.717) is 23.5 Å². The van der Waals surface area contributed by atoms with Crippen molar-refractivity contribution in [3.05, 3.63) is 53.6 Å². The fourth-order valence-corrected chi connectivity index (χ4v) is 2.60. The Bertz CT molecular complexity index is 740. The standard InChI is InChI=1S/C20H25NO5/c1-20(23,12-14-5-8-16(24-2)9-6-14)13-21-19(22)15-7-10-17(25-3)18(11-15)26-4/h5-11,23H,12-13H2,1-4H3,(H,21,22). The van der Waals surface area contributed by atoms with Gasteiger partial charge in [-0.25, -0.2) is 0 Å². The first kappa shape index (κ1) is 19.6. The van der Waals surface area contributed by atoms with Crippen LogP contribution < -0.4 is 19.5 Å². The molecular formula is C20H25NO5. The maximum absolute atomic E-state index is 12.4. The molecule has 140 valence electrons. The van der Waals surface area contributed by atoms with Gasteiger partial charge in [0.15, 0.2) is 11.5 Å². The number of ether oxygens (including phenoxy) is 3. The summed E-state index contributed by atoms with van der Waals surface area (Å²) in [6, 6.07) is 12.4. The predicted octanol–water partition coefficient (Wildman–Crippen LogP) is 2.44. The summed E-state index contributed by atoms with van der Waals surface area (Å²) in [6.45, 7) is 1.80. The highest BCUT2D eigenvalue weighted by atomic mass is 16.5. The van der Waals surface area contributed by atoms with Crippen molar-refractivity contribution in [3.63, 3.8) is 0 Å². The minimum Gasteiger partial charge on any atom is -0.497 e. The van der Waals surface area contributed by atoms with E-state index in [4.69, 9.17) is 14.2 Å². The lowest BCUT2D eigenvalue weighted by Crippen LogP contribution is -2.42. The summed E-state index contributed by atoms with van der Waals surface area (Å²) in [7, 11) is 4.65. The first-order valence-corrected chi connectivity index (χ1v) is 8.24. The van der Waals surface area contributed by atoms with Crippen molar-refractivity contribution in [2.24, 2.45) is 0 Å². The quantitative estimate of drug-likeness (QED) is 0.757. The Labute approximate surface area is 153 Å². The highest BCUT2D eigenvalue weighted by molar-refractivity contribution is 5.94. The van der Waals surface area contributed by atoms with E-state index >= 15 is 0 Å². The lowest BCUT2D eigenvalue weighted by atomic mass is 9.96. The number of hydrogen-bond donors (Lipinski definition) is 2. The highest BCUT2D eigenvalue weighted by Gasteiger charge is 2.22. The molecule has 2 rings (SSSR count). The molecule has 0 bridgehead atoms. The van der Waals surface area contributed by atoms with Crippen molar-refractivity contribution in [1.29, 1.82) is 0 Å². The summed E-state index contributed by atoms with van der Waals surface area (Å²) in [5.74, 6) is 1.50. The number of carbonyl (C=O) groups excluding carboxylic acids is 1. The molecule has 6 heteroatoms. The van der Waals surface area contributed by atoms with Crippen LogP contribution in [-0.4, -0.2) is 44.5 Å². The molecule has 1 amide bonds. The Hall–Kier alpha value is -2.73. The fraction of sp³-hybridized carbons (Fsp3) is 0.350.